The fourth-order valence-corrected chi connectivity index (χ4v) is 5.23. The van der Waals surface area contributed by atoms with Crippen molar-refractivity contribution in [1.82, 2.24) is 9.88 Å². The second-order valence-corrected chi connectivity index (χ2v) is 9.07. The number of carbonyl (C=O) groups is 1. The van der Waals surface area contributed by atoms with Crippen LogP contribution in [0.15, 0.2) is 35.7 Å². The van der Waals surface area contributed by atoms with Gasteiger partial charge in [0.05, 0.1) is 29.9 Å². The van der Waals surface area contributed by atoms with E-state index in [-0.39, 0.29) is 18.3 Å². The van der Waals surface area contributed by atoms with Crippen LogP contribution < -0.4 is 4.90 Å². The van der Waals surface area contributed by atoms with Gasteiger partial charge in [-0.05, 0) is 36.4 Å². The highest BCUT2D eigenvalue weighted by atomic mass is 35.5. The molecule has 0 saturated carbocycles. The highest BCUT2D eigenvalue weighted by Crippen LogP contribution is 2.31. The number of thiophene rings is 1. The Balaban J connectivity index is 0.00000240. The molecule has 0 radical (unpaired) electrons. The molecule has 1 fully saturated rings. The van der Waals surface area contributed by atoms with Crippen molar-refractivity contribution < 1.29 is 9.53 Å². The minimum Gasteiger partial charge on any atom is -0.379 e. The first-order valence-corrected chi connectivity index (χ1v) is 11.4. The van der Waals surface area contributed by atoms with E-state index < -0.39 is 0 Å². The Kier molecular flexibility index (Phi) is 8.03. The standard InChI is InChI=1S/C21H25N3O2S2.ClH/c1-16-5-2-7-18-20(16)22-21(28-18)24(19(25)15-17-6-3-14-27-17)9-4-8-23-10-12-26-13-11-23;/h2-3,5-7,14H,4,8-13,15H2,1H3;1H. The van der Waals surface area contributed by atoms with Gasteiger partial charge in [0.25, 0.3) is 0 Å². The molecule has 1 saturated heterocycles. The molecule has 156 valence electrons. The van der Waals surface area contributed by atoms with E-state index in [1.165, 1.54) is 0 Å². The van der Waals surface area contributed by atoms with Gasteiger partial charge in [-0.25, -0.2) is 4.98 Å². The lowest BCUT2D eigenvalue weighted by atomic mass is 10.2. The number of fused-ring (bicyclic) bond motifs is 1. The lowest BCUT2D eigenvalue weighted by molar-refractivity contribution is -0.118. The fourth-order valence-electron chi connectivity index (χ4n) is 3.45. The van der Waals surface area contributed by atoms with Gasteiger partial charge in [0.2, 0.25) is 5.91 Å². The highest BCUT2D eigenvalue weighted by Gasteiger charge is 2.21. The summed E-state index contributed by atoms with van der Waals surface area (Å²) in [5.41, 5.74) is 2.16. The Bertz CT molecular complexity index is 923. The van der Waals surface area contributed by atoms with Gasteiger partial charge in [-0.2, -0.15) is 0 Å². The number of amides is 1. The van der Waals surface area contributed by atoms with Crippen LogP contribution in [-0.4, -0.2) is 55.2 Å². The molecule has 3 aromatic rings. The van der Waals surface area contributed by atoms with Gasteiger partial charge in [-0.3, -0.25) is 14.6 Å². The third kappa shape index (κ3) is 5.55. The Labute approximate surface area is 185 Å². The van der Waals surface area contributed by atoms with E-state index in [0.717, 1.165) is 65.1 Å². The van der Waals surface area contributed by atoms with E-state index in [4.69, 9.17) is 9.72 Å². The first-order chi connectivity index (χ1) is 13.7. The number of para-hydroxylation sites is 1. The number of anilines is 1. The van der Waals surface area contributed by atoms with Crippen LogP contribution in [0.5, 0.6) is 0 Å². The third-order valence-corrected chi connectivity index (χ3v) is 6.93. The summed E-state index contributed by atoms with van der Waals surface area (Å²) < 4.78 is 6.56. The lowest BCUT2D eigenvalue weighted by Gasteiger charge is -2.27. The maximum atomic E-state index is 13.1. The summed E-state index contributed by atoms with van der Waals surface area (Å²) in [6.07, 6.45) is 1.37. The minimum atomic E-state index is 0. The maximum Gasteiger partial charge on any atom is 0.234 e. The second kappa shape index (κ2) is 10.5. The van der Waals surface area contributed by atoms with Gasteiger partial charge in [0.15, 0.2) is 5.13 Å². The van der Waals surface area contributed by atoms with Gasteiger partial charge >= 0.3 is 0 Å². The zero-order valence-electron chi connectivity index (χ0n) is 16.5. The molecule has 1 aliphatic heterocycles. The molecule has 29 heavy (non-hydrogen) atoms. The molecule has 0 bridgehead atoms. The maximum absolute atomic E-state index is 13.1. The second-order valence-electron chi connectivity index (χ2n) is 7.03. The summed E-state index contributed by atoms with van der Waals surface area (Å²) in [6.45, 7) is 7.31. The van der Waals surface area contributed by atoms with Crippen LogP contribution in [-0.2, 0) is 16.0 Å². The van der Waals surface area contributed by atoms with Crippen molar-refractivity contribution in [2.75, 3.05) is 44.3 Å². The predicted molar refractivity (Wildman–Crippen MR) is 124 cm³/mol. The Morgan fingerprint density at radius 2 is 2.07 bits per heavy atom. The van der Waals surface area contributed by atoms with Crippen molar-refractivity contribution >= 4 is 56.3 Å². The fraction of sp³-hybridized carbons (Fsp3) is 0.429. The topological polar surface area (TPSA) is 45.7 Å². The number of hydrogen-bond acceptors (Lipinski definition) is 6. The highest BCUT2D eigenvalue weighted by molar-refractivity contribution is 7.22. The number of ether oxygens (including phenoxy) is 1. The zero-order chi connectivity index (χ0) is 19.3. The quantitative estimate of drug-likeness (QED) is 0.534. The van der Waals surface area contributed by atoms with Gasteiger partial charge < -0.3 is 4.74 Å². The molecule has 4 rings (SSSR count). The number of carbonyl (C=O) groups excluding carboxylic acids is 1. The number of benzene rings is 1. The number of aryl methyl sites for hydroxylation is 1. The lowest BCUT2D eigenvalue weighted by Crippen LogP contribution is -2.39. The molecule has 1 aliphatic rings. The van der Waals surface area contributed by atoms with E-state index in [1.807, 2.05) is 22.4 Å². The van der Waals surface area contributed by atoms with E-state index in [1.54, 1.807) is 22.7 Å². The van der Waals surface area contributed by atoms with E-state index in [2.05, 4.69) is 30.0 Å². The summed E-state index contributed by atoms with van der Waals surface area (Å²) in [5.74, 6) is 0.126. The molecule has 0 N–H and O–H groups in total. The number of hydrogen-bond donors (Lipinski definition) is 0. The summed E-state index contributed by atoms with van der Waals surface area (Å²) in [4.78, 5) is 23.3. The van der Waals surface area contributed by atoms with Crippen molar-refractivity contribution in [2.24, 2.45) is 0 Å². The Morgan fingerprint density at radius 1 is 1.24 bits per heavy atom. The number of morpholine rings is 1. The molecule has 1 amide bonds. The van der Waals surface area contributed by atoms with Crippen molar-refractivity contribution in [3.8, 4) is 0 Å². The minimum absolute atomic E-state index is 0. The molecular weight excluding hydrogens is 426 g/mol. The van der Waals surface area contributed by atoms with Crippen LogP contribution >= 0.6 is 35.1 Å². The predicted octanol–water partition coefficient (Wildman–Crippen LogP) is 4.39. The molecule has 1 aromatic carbocycles. The average molecular weight is 452 g/mol. The number of aromatic nitrogens is 1. The normalized spacial score (nSPS) is 14.7. The zero-order valence-corrected chi connectivity index (χ0v) is 19.0. The molecule has 0 aliphatic carbocycles. The van der Waals surface area contributed by atoms with Crippen LogP contribution in [0, 0.1) is 6.92 Å². The molecule has 5 nitrogen and oxygen atoms in total. The molecular formula is C21H26ClN3O2S2. The number of nitrogens with zero attached hydrogens (tertiary/aromatic N) is 3. The van der Waals surface area contributed by atoms with Crippen LogP contribution in [0.4, 0.5) is 5.13 Å². The Hall–Kier alpha value is -1.51. The van der Waals surface area contributed by atoms with E-state index in [0.29, 0.717) is 13.0 Å². The van der Waals surface area contributed by atoms with Gasteiger partial charge in [0, 0.05) is 31.1 Å². The van der Waals surface area contributed by atoms with Gasteiger partial charge in [-0.1, -0.05) is 29.5 Å². The average Bonchev–Trinajstić information content (AvgIpc) is 3.36. The first kappa shape index (κ1) is 22.2. The molecule has 0 unspecified atom stereocenters. The molecule has 0 spiro atoms. The monoisotopic (exact) mass is 451 g/mol. The smallest absolute Gasteiger partial charge is 0.234 e. The van der Waals surface area contributed by atoms with Crippen molar-refractivity contribution in [1.29, 1.82) is 0 Å². The van der Waals surface area contributed by atoms with Crippen LogP contribution in [0.25, 0.3) is 10.2 Å². The van der Waals surface area contributed by atoms with Crippen LogP contribution in [0.3, 0.4) is 0 Å². The Morgan fingerprint density at radius 3 is 2.79 bits per heavy atom. The van der Waals surface area contributed by atoms with Crippen LogP contribution in [0.2, 0.25) is 0 Å². The van der Waals surface area contributed by atoms with E-state index in [9.17, 15) is 4.79 Å². The van der Waals surface area contributed by atoms with Crippen molar-refractivity contribution in [2.45, 2.75) is 19.8 Å². The molecule has 2 aromatic heterocycles. The molecule has 3 heterocycles. The summed E-state index contributed by atoms with van der Waals surface area (Å²) in [5, 5.41) is 2.83. The number of rotatable bonds is 7. The molecule has 8 heteroatoms. The van der Waals surface area contributed by atoms with Crippen molar-refractivity contribution in [3.05, 3.63) is 46.2 Å². The first-order valence-electron chi connectivity index (χ1n) is 9.70. The summed E-state index contributed by atoms with van der Waals surface area (Å²) in [7, 11) is 0. The largest absolute Gasteiger partial charge is 0.379 e. The van der Waals surface area contributed by atoms with Crippen molar-refractivity contribution in [3.63, 3.8) is 0 Å². The van der Waals surface area contributed by atoms with Gasteiger partial charge in [0.1, 0.15) is 0 Å². The number of halogens is 1. The third-order valence-electron chi connectivity index (χ3n) is 5.01. The summed E-state index contributed by atoms with van der Waals surface area (Å²) >= 11 is 3.24. The summed E-state index contributed by atoms with van der Waals surface area (Å²) in [6, 6.07) is 10.2. The SMILES string of the molecule is Cc1cccc2sc(N(CCCN3CCOCC3)C(=O)Cc3cccs3)nc12.Cl. The van der Waals surface area contributed by atoms with E-state index >= 15 is 0 Å². The van der Waals surface area contributed by atoms with Gasteiger partial charge in [-0.15, -0.1) is 23.7 Å². The van der Waals surface area contributed by atoms with Crippen LogP contribution in [0.1, 0.15) is 16.9 Å². The number of thiazole rings is 1. The molecule has 0 atom stereocenters.